The van der Waals surface area contributed by atoms with Crippen LogP contribution in [0.2, 0.25) is 0 Å². The van der Waals surface area contributed by atoms with Crippen molar-refractivity contribution >= 4 is 5.97 Å². The molecule has 1 radical (unpaired) electrons. The second kappa shape index (κ2) is 3.80. The van der Waals surface area contributed by atoms with Gasteiger partial charge in [0.05, 0.1) is 7.11 Å². The van der Waals surface area contributed by atoms with Crippen LogP contribution in [-0.2, 0) is 22.5 Å². The molecule has 0 amide bonds. The molecule has 0 fully saturated rings. The molecule has 1 heterocycles. The Hall–Kier alpha value is -1.35. The zero-order valence-corrected chi connectivity index (χ0v) is 8.06. The van der Waals surface area contributed by atoms with E-state index in [2.05, 4.69) is 10.1 Å². The van der Waals surface area contributed by atoms with Gasteiger partial charge in [-0.2, -0.15) is 0 Å². The van der Waals surface area contributed by atoms with E-state index in [0.29, 0.717) is 13.0 Å². The van der Waals surface area contributed by atoms with E-state index in [0.717, 1.165) is 0 Å². The molecular formula is C11H12NO2. The van der Waals surface area contributed by atoms with Crippen molar-refractivity contribution in [2.75, 3.05) is 7.11 Å². The Balaban J connectivity index is 2.17. The summed E-state index contributed by atoms with van der Waals surface area (Å²) < 4.78 is 4.67. The van der Waals surface area contributed by atoms with Crippen molar-refractivity contribution in [3.8, 4) is 0 Å². The van der Waals surface area contributed by atoms with Crippen LogP contribution in [0.5, 0.6) is 0 Å². The summed E-state index contributed by atoms with van der Waals surface area (Å²) in [5, 5.41) is 4.27. The third-order valence-electron chi connectivity index (χ3n) is 2.49. The summed E-state index contributed by atoms with van der Waals surface area (Å²) in [5.74, 6) is -0.237. The van der Waals surface area contributed by atoms with Crippen LogP contribution in [0.4, 0.5) is 0 Å². The Morgan fingerprint density at radius 1 is 1.43 bits per heavy atom. The highest BCUT2D eigenvalue weighted by atomic mass is 16.5. The fourth-order valence-corrected chi connectivity index (χ4v) is 1.69. The van der Waals surface area contributed by atoms with E-state index in [-0.39, 0.29) is 12.0 Å². The Kier molecular flexibility index (Phi) is 2.50. The number of hydrogen-bond acceptors (Lipinski definition) is 2. The van der Waals surface area contributed by atoms with Gasteiger partial charge in [0.25, 0.3) is 0 Å². The minimum atomic E-state index is -0.310. The van der Waals surface area contributed by atoms with E-state index in [9.17, 15) is 4.79 Å². The monoisotopic (exact) mass is 190 g/mol. The molecule has 1 aromatic carbocycles. The van der Waals surface area contributed by atoms with E-state index in [1.54, 1.807) is 0 Å². The SMILES string of the molecule is COC(=O)C1Cc2ccccc2C[N]1. The summed E-state index contributed by atoms with van der Waals surface area (Å²) in [6.07, 6.45) is 0.669. The van der Waals surface area contributed by atoms with Gasteiger partial charge in [-0.05, 0) is 11.1 Å². The van der Waals surface area contributed by atoms with Gasteiger partial charge in [0.2, 0.25) is 0 Å². The molecule has 0 bridgehead atoms. The van der Waals surface area contributed by atoms with E-state index < -0.39 is 0 Å². The quantitative estimate of drug-likeness (QED) is 0.617. The van der Waals surface area contributed by atoms with Crippen molar-refractivity contribution < 1.29 is 9.53 Å². The maximum absolute atomic E-state index is 11.3. The second-order valence-corrected chi connectivity index (χ2v) is 3.35. The number of carbonyl (C=O) groups excluding carboxylic acids is 1. The molecule has 3 nitrogen and oxygen atoms in total. The molecule has 1 atom stereocenters. The van der Waals surface area contributed by atoms with Crippen LogP contribution in [0.15, 0.2) is 24.3 Å². The van der Waals surface area contributed by atoms with Crippen LogP contribution in [0.3, 0.4) is 0 Å². The van der Waals surface area contributed by atoms with Crippen molar-refractivity contribution in [2.24, 2.45) is 0 Å². The fraction of sp³-hybridized carbons (Fsp3) is 0.364. The highest BCUT2D eigenvalue weighted by Gasteiger charge is 2.25. The number of hydrogen-bond donors (Lipinski definition) is 0. The summed E-state index contributed by atoms with van der Waals surface area (Å²) in [4.78, 5) is 11.3. The molecule has 2 rings (SSSR count). The van der Waals surface area contributed by atoms with Crippen LogP contribution >= 0.6 is 0 Å². The highest BCUT2D eigenvalue weighted by molar-refractivity contribution is 5.76. The lowest BCUT2D eigenvalue weighted by Gasteiger charge is -2.22. The van der Waals surface area contributed by atoms with Gasteiger partial charge < -0.3 is 4.74 Å². The number of nitrogens with zero attached hydrogens (tertiary/aromatic N) is 1. The average Bonchev–Trinajstić information content (AvgIpc) is 2.27. The maximum atomic E-state index is 11.3. The van der Waals surface area contributed by atoms with Crippen LogP contribution in [0.25, 0.3) is 0 Å². The summed E-state index contributed by atoms with van der Waals surface area (Å²) in [5.41, 5.74) is 2.42. The van der Waals surface area contributed by atoms with E-state index in [4.69, 9.17) is 0 Å². The summed E-state index contributed by atoms with van der Waals surface area (Å²) in [6, 6.07) is 7.76. The second-order valence-electron chi connectivity index (χ2n) is 3.35. The lowest BCUT2D eigenvalue weighted by atomic mass is 9.96. The maximum Gasteiger partial charge on any atom is 0.324 e. The molecule has 73 valence electrons. The van der Waals surface area contributed by atoms with Gasteiger partial charge in [0.1, 0.15) is 6.04 Å². The Labute approximate surface area is 83.1 Å². The minimum absolute atomic E-state index is 0.237. The van der Waals surface area contributed by atoms with Gasteiger partial charge in [0, 0.05) is 13.0 Å². The predicted octanol–water partition coefficient (Wildman–Crippen LogP) is 0.889. The predicted molar refractivity (Wildman–Crippen MR) is 51.8 cm³/mol. The lowest BCUT2D eigenvalue weighted by molar-refractivity contribution is -0.143. The molecule has 0 aliphatic carbocycles. The van der Waals surface area contributed by atoms with Gasteiger partial charge in [-0.25, -0.2) is 5.32 Å². The third-order valence-corrected chi connectivity index (χ3v) is 2.49. The Bertz CT molecular complexity index is 349. The van der Waals surface area contributed by atoms with Crippen molar-refractivity contribution in [3.05, 3.63) is 35.4 Å². The summed E-state index contributed by atoms with van der Waals surface area (Å²) in [7, 11) is 1.40. The first-order valence-electron chi connectivity index (χ1n) is 4.62. The molecular weight excluding hydrogens is 178 g/mol. The Morgan fingerprint density at radius 2 is 2.14 bits per heavy atom. The van der Waals surface area contributed by atoms with Gasteiger partial charge in [-0.3, -0.25) is 4.79 Å². The zero-order chi connectivity index (χ0) is 9.97. The molecule has 1 aliphatic rings. The first-order chi connectivity index (χ1) is 6.81. The van der Waals surface area contributed by atoms with Crippen LogP contribution in [0, 0.1) is 0 Å². The molecule has 1 unspecified atom stereocenters. The molecule has 0 aromatic heterocycles. The number of benzene rings is 1. The number of methoxy groups -OCH3 is 1. The largest absolute Gasteiger partial charge is 0.468 e. The van der Waals surface area contributed by atoms with Crippen molar-refractivity contribution in [2.45, 2.75) is 19.0 Å². The molecule has 1 aliphatic heterocycles. The van der Waals surface area contributed by atoms with Crippen molar-refractivity contribution in [1.29, 1.82) is 0 Å². The molecule has 0 spiro atoms. The van der Waals surface area contributed by atoms with Gasteiger partial charge in [0.15, 0.2) is 0 Å². The third kappa shape index (κ3) is 1.63. The number of carbonyl (C=O) groups is 1. The number of esters is 1. The van der Waals surface area contributed by atoms with Gasteiger partial charge in [-0.15, -0.1) is 0 Å². The standard InChI is InChI=1S/C11H12NO2/c1-14-11(13)10-6-8-4-2-3-5-9(8)7-12-10/h2-5,10H,6-7H2,1H3. The van der Waals surface area contributed by atoms with Gasteiger partial charge in [-0.1, -0.05) is 24.3 Å². The highest BCUT2D eigenvalue weighted by Crippen LogP contribution is 2.17. The van der Waals surface area contributed by atoms with E-state index >= 15 is 0 Å². The smallest absolute Gasteiger partial charge is 0.324 e. The van der Waals surface area contributed by atoms with Crippen molar-refractivity contribution in [3.63, 3.8) is 0 Å². The topological polar surface area (TPSA) is 40.4 Å². The molecule has 0 saturated carbocycles. The number of fused-ring (bicyclic) bond motifs is 1. The van der Waals surface area contributed by atoms with Crippen LogP contribution < -0.4 is 5.32 Å². The first-order valence-corrected chi connectivity index (χ1v) is 4.62. The van der Waals surface area contributed by atoms with Gasteiger partial charge >= 0.3 is 5.97 Å². The molecule has 1 aromatic rings. The van der Waals surface area contributed by atoms with Crippen molar-refractivity contribution in [1.82, 2.24) is 5.32 Å². The molecule has 0 saturated heterocycles. The normalized spacial score (nSPS) is 19.9. The lowest BCUT2D eigenvalue weighted by Crippen LogP contribution is -2.37. The number of ether oxygens (including phenoxy) is 1. The zero-order valence-electron chi connectivity index (χ0n) is 8.06. The number of rotatable bonds is 1. The van der Waals surface area contributed by atoms with E-state index in [1.165, 1.54) is 18.2 Å². The fourth-order valence-electron chi connectivity index (χ4n) is 1.69. The minimum Gasteiger partial charge on any atom is -0.468 e. The summed E-state index contributed by atoms with van der Waals surface area (Å²) in [6.45, 7) is 0.621. The van der Waals surface area contributed by atoms with E-state index in [1.807, 2.05) is 24.3 Å². The van der Waals surface area contributed by atoms with Crippen LogP contribution in [0.1, 0.15) is 11.1 Å². The molecule has 3 heteroatoms. The first kappa shape index (κ1) is 9.21. The summed E-state index contributed by atoms with van der Waals surface area (Å²) >= 11 is 0. The molecule has 14 heavy (non-hydrogen) atoms. The average molecular weight is 190 g/mol. The molecule has 0 N–H and O–H groups in total. The Morgan fingerprint density at radius 3 is 2.86 bits per heavy atom. The van der Waals surface area contributed by atoms with Crippen LogP contribution in [-0.4, -0.2) is 19.1 Å².